The van der Waals surface area contributed by atoms with Crippen molar-refractivity contribution in [3.05, 3.63) is 90.0 Å². The molecule has 1 aliphatic carbocycles. The zero-order valence-corrected chi connectivity index (χ0v) is 19.9. The van der Waals surface area contributed by atoms with Gasteiger partial charge in [0.25, 0.3) is 0 Å². The van der Waals surface area contributed by atoms with Crippen molar-refractivity contribution in [2.75, 3.05) is 20.3 Å². The third-order valence-electron chi connectivity index (χ3n) is 5.48. The summed E-state index contributed by atoms with van der Waals surface area (Å²) in [5.74, 6) is -0.407. The molecule has 0 radical (unpaired) electrons. The van der Waals surface area contributed by atoms with Crippen LogP contribution in [0.25, 0.3) is 5.57 Å². The number of halogens is 1. The quantitative estimate of drug-likeness (QED) is 0.222. The molecule has 0 fully saturated rings. The van der Waals surface area contributed by atoms with E-state index in [1.807, 2.05) is 43.3 Å². The van der Waals surface area contributed by atoms with Crippen LogP contribution in [0.15, 0.2) is 78.8 Å². The molecular formula is C28H29FO6. The van der Waals surface area contributed by atoms with Gasteiger partial charge in [-0.2, -0.15) is 4.39 Å². The fraction of sp³-hybridized carbons (Fsp3) is 0.286. The van der Waals surface area contributed by atoms with Gasteiger partial charge in [0.2, 0.25) is 5.83 Å². The van der Waals surface area contributed by atoms with Gasteiger partial charge >= 0.3 is 11.9 Å². The van der Waals surface area contributed by atoms with Crippen molar-refractivity contribution in [2.24, 2.45) is 5.92 Å². The first-order valence-corrected chi connectivity index (χ1v) is 11.4. The summed E-state index contributed by atoms with van der Waals surface area (Å²) in [6, 6.07) is 14.6. The molecule has 3 rings (SSSR count). The lowest BCUT2D eigenvalue weighted by Gasteiger charge is -2.21. The van der Waals surface area contributed by atoms with E-state index in [1.165, 1.54) is 0 Å². The van der Waals surface area contributed by atoms with Gasteiger partial charge in [-0.25, -0.2) is 9.59 Å². The second kappa shape index (κ2) is 12.6. The van der Waals surface area contributed by atoms with E-state index in [-0.39, 0.29) is 12.5 Å². The van der Waals surface area contributed by atoms with Crippen LogP contribution in [0.1, 0.15) is 42.1 Å². The number of hydrogen-bond acceptors (Lipinski definition) is 6. The van der Waals surface area contributed by atoms with Crippen molar-refractivity contribution < 1.29 is 32.9 Å². The normalized spacial score (nSPS) is 14.9. The lowest BCUT2D eigenvalue weighted by atomic mass is 9.90. The third kappa shape index (κ3) is 7.57. The minimum absolute atomic E-state index is 0.0526. The maximum atomic E-state index is 12.5. The average molecular weight is 481 g/mol. The Hall–Kier alpha value is -3.87. The number of allylic oxidation sites excluding steroid dienone is 4. The maximum absolute atomic E-state index is 12.5. The Kier molecular flexibility index (Phi) is 9.23. The number of esters is 2. The highest BCUT2D eigenvalue weighted by atomic mass is 19.1. The van der Waals surface area contributed by atoms with Gasteiger partial charge in [0, 0.05) is 5.92 Å². The molecule has 6 nitrogen and oxygen atoms in total. The van der Waals surface area contributed by atoms with Gasteiger partial charge < -0.3 is 18.9 Å². The first kappa shape index (κ1) is 25.7. The molecule has 0 aromatic heterocycles. The van der Waals surface area contributed by atoms with Crippen LogP contribution in [0.4, 0.5) is 4.39 Å². The second-order valence-electron chi connectivity index (χ2n) is 8.10. The number of rotatable bonds is 11. The van der Waals surface area contributed by atoms with E-state index in [0.29, 0.717) is 36.5 Å². The predicted molar refractivity (Wildman–Crippen MR) is 131 cm³/mol. The van der Waals surface area contributed by atoms with Crippen LogP contribution in [0, 0.1) is 5.92 Å². The molecule has 0 heterocycles. The minimum atomic E-state index is -1.09. The molecule has 1 aliphatic rings. The van der Waals surface area contributed by atoms with Gasteiger partial charge in [0.1, 0.15) is 17.3 Å². The summed E-state index contributed by atoms with van der Waals surface area (Å²) in [6.45, 7) is 5.50. The van der Waals surface area contributed by atoms with E-state index >= 15 is 0 Å². The first-order valence-electron chi connectivity index (χ1n) is 11.4. The standard InChI is InChI=1S/C28H29FO6/c1-19-18-23(10-15-26(19)35-28(31)22-8-11-24(32-3)12-9-22)21-6-13-25(14-7-21)33-16-4-5-17-34-27(30)20(2)29/h6-15,19H,2,4-5,16-18H2,1,3H3. The Morgan fingerprint density at radius 2 is 1.63 bits per heavy atom. The molecule has 0 spiro atoms. The molecule has 2 aromatic carbocycles. The molecule has 184 valence electrons. The van der Waals surface area contributed by atoms with Gasteiger partial charge in [-0.1, -0.05) is 31.7 Å². The fourth-order valence-corrected chi connectivity index (χ4v) is 3.49. The number of hydrogen-bond donors (Lipinski definition) is 0. The number of ether oxygens (including phenoxy) is 4. The molecule has 0 amide bonds. The zero-order chi connectivity index (χ0) is 25.2. The Labute approximate surface area is 204 Å². The molecule has 0 N–H and O–H groups in total. The largest absolute Gasteiger partial charge is 0.497 e. The van der Waals surface area contributed by atoms with Crippen molar-refractivity contribution in [3.8, 4) is 11.5 Å². The van der Waals surface area contributed by atoms with Crippen molar-refractivity contribution in [3.63, 3.8) is 0 Å². The highest BCUT2D eigenvalue weighted by Crippen LogP contribution is 2.33. The fourth-order valence-electron chi connectivity index (χ4n) is 3.49. The molecule has 2 aromatic rings. The minimum Gasteiger partial charge on any atom is -0.497 e. The van der Waals surface area contributed by atoms with Crippen LogP contribution in [-0.4, -0.2) is 32.3 Å². The van der Waals surface area contributed by atoms with Crippen molar-refractivity contribution >= 4 is 17.5 Å². The van der Waals surface area contributed by atoms with E-state index in [9.17, 15) is 14.0 Å². The summed E-state index contributed by atoms with van der Waals surface area (Å²) in [6.07, 6.45) is 5.80. The van der Waals surface area contributed by atoms with E-state index in [4.69, 9.17) is 18.9 Å². The molecule has 1 atom stereocenters. The van der Waals surface area contributed by atoms with Gasteiger partial charge in [0.05, 0.1) is 25.9 Å². The van der Waals surface area contributed by atoms with Crippen LogP contribution in [0.3, 0.4) is 0 Å². The van der Waals surface area contributed by atoms with E-state index in [1.54, 1.807) is 31.4 Å². The van der Waals surface area contributed by atoms with Crippen LogP contribution in [0.2, 0.25) is 0 Å². The summed E-state index contributed by atoms with van der Waals surface area (Å²) in [5.41, 5.74) is 2.68. The summed E-state index contributed by atoms with van der Waals surface area (Å²) in [4.78, 5) is 23.4. The lowest BCUT2D eigenvalue weighted by Crippen LogP contribution is -2.13. The van der Waals surface area contributed by atoms with Crippen molar-refractivity contribution in [1.29, 1.82) is 0 Å². The molecule has 0 aliphatic heterocycles. The van der Waals surface area contributed by atoms with Gasteiger partial charge in [-0.15, -0.1) is 0 Å². The zero-order valence-electron chi connectivity index (χ0n) is 19.9. The van der Waals surface area contributed by atoms with E-state index < -0.39 is 17.8 Å². The predicted octanol–water partition coefficient (Wildman–Crippen LogP) is 6.04. The number of carbonyl (C=O) groups excluding carboxylic acids is 2. The monoisotopic (exact) mass is 480 g/mol. The first-order chi connectivity index (χ1) is 16.9. The third-order valence-corrected chi connectivity index (χ3v) is 5.48. The summed E-state index contributed by atoms with van der Waals surface area (Å²) < 4.78 is 33.7. The maximum Gasteiger partial charge on any atom is 0.366 e. The smallest absolute Gasteiger partial charge is 0.366 e. The SMILES string of the molecule is C=C(F)C(=O)OCCCCOc1ccc(C2=CC=C(OC(=O)c3ccc(OC)cc3)C(C)C2)cc1. The summed E-state index contributed by atoms with van der Waals surface area (Å²) >= 11 is 0. The molecule has 0 bridgehead atoms. The molecule has 0 saturated carbocycles. The number of unbranched alkanes of at least 4 members (excludes halogenated alkanes) is 1. The Balaban J connectivity index is 1.49. The van der Waals surface area contributed by atoms with Gasteiger partial charge in [-0.05, 0) is 72.9 Å². The highest BCUT2D eigenvalue weighted by molar-refractivity contribution is 5.90. The van der Waals surface area contributed by atoms with Gasteiger partial charge in [0.15, 0.2) is 0 Å². The number of carbonyl (C=O) groups is 2. The molecule has 7 heteroatoms. The Morgan fingerprint density at radius 3 is 2.26 bits per heavy atom. The summed E-state index contributed by atoms with van der Waals surface area (Å²) in [7, 11) is 1.58. The molecular weight excluding hydrogens is 451 g/mol. The average Bonchev–Trinajstić information content (AvgIpc) is 2.87. The van der Waals surface area contributed by atoms with Crippen LogP contribution in [0.5, 0.6) is 11.5 Å². The topological polar surface area (TPSA) is 71.1 Å². The van der Waals surface area contributed by atoms with Crippen molar-refractivity contribution in [1.82, 2.24) is 0 Å². The summed E-state index contributed by atoms with van der Waals surface area (Å²) in [5, 5.41) is 0. The number of methoxy groups -OCH3 is 1. The lowest BCUT2D eigenvalue weighted by molar-refractivity contribution is -0.140. The Bertz CT molecular complexity index is 1100. The van der Waals surface area contributed by atoms with Crippen LogP contribution >= 0.6 is 0 Å². The van der Waals surface area contributed by atoms with E-state index in [2.05, 4.69) is 6.58 Å². The number of benzene rings is 2. The van der Waals surface area contributed by atoms with E-state index in [0.717, 1.165) is 23.3 Å². The molecule has 1 unspecified atom stereocenters. The van der Waals surface area contributed by atoms with Crippen LogP contribution in [-0.2, 0) is 14.3 Å². The van der Waals surface area contributed by atoms with Crippen LogP contribution < -0.4 is 9.47 Å². The second-order valence-corrected chi connectivity index (χ2v) is 8.10. The van der Waals surface area contributed by atoms with Gasteiger partial charge in [-0.3, -0.25) is 0 Å². The van der Waals surface area contributed by atoms with Crippen molar-refractivity contribution in [2.45, 2.75) is 26.2 Å². The Morgan fingerprint density at radius 1 is 0.971 bits per heavy atom. The highest BCUT2D eigenvalue weighted by Gasteiger charge is 2.21. The molecule has 0 saturated heterocycles. The molecule has 35 heavy (non-hydrogen) atoms.